The Balaban J connectivity index is 1.87. The fourth-order valence-corrected chi connectivity index (χ4v) is 4.28. The lowest BCUT2D eigenvalue weighted by Crippen LogP contribution is -2.19. The minimum atomic E-state index is 0.577. The highest BCUT2D eigenvalue weighted by molar-refractivity contribution is 5.18. The van der Waals surface area contributed by atoms with Gasteiger partial charge in [0.15, 0.2) is 0 Å². The van der Waals surface area contributed by atoms with Crippen molar-refractivity contribution in [1.82, 2.24) is 4.90 Å². The molecule has 1 rings (SSSR count). The molecule has 0 bridgehead atoms. The van der Waals surface area contributed by atoms with Gasteiger partial charge in [-0.05, 0) is 26.1 Å². The molecule has 162 valence electrons. The maximum absolute atomic E-state index is 2.38. The van der Waals surface area contributed by atoms with Gasteiger partial charge in [0.2, 0.25) is 0 Å². The molecule has 0 radical (unpaired) electrons. The van der Waals surface area contributed by atoms with Crippen LogP contribution in [0.25, 0.3) is 0 Å². The Morgan fingerprint density at radius 3 is 1.36 bits per heavy atom. The van der Waals surface area contributed by atoms with Crippen LogP contribution in [0.4, 0.5) is 0 Å². The maximum Gasteiger partial charge on any atom is 0.0342 e. The number of hydrogen-bond donors (Lipinski definition) is 0. The molecule has 28 heavy (non-hydrogen) atoms. The van der Waals surface area contributed by atoms with Crippen molar-refractivity contribution in [2.45, 2.75) is 122 Å². The summed E-state index contributed by atoms with van der Waals surface area (Å²) in [5, 5.41) is 0. The van der Waals surface area contributed by atoms with Gasteiger partial charge in [0, 0.05) is 6.04 Å². The highest BCUT2D eigenvalue weighted by atomic mass is 15.1. The van der Waals surface area contributed by atoms with Crippen LogP contribution in [0.1, 0.15) is 128 Å². The van der Waals surface area contributed by atoms with Crippen molar-refractivity contribution in [1.29, 1.82) is 0 Å². The fraction of sp³-hybridized carbons (Fsp3) is 0.778. The topological polar surface area (TPSA) is 3.24 Å². The predicted octanol–water partition coefficient (Wildman–Crippen LogP) is 8.94. The molecule has 0 aromatic heterocycles. The summed E-state index contributed by atoms with van der Waals surface area (Å²) in [6.07, 6.45) is 24.4. The highest BCUT2D eigenvalue weighted by Crippen LogP contribution is 2.24. The van der Waals surface area contributed by atoms with E-state index in [1.807, 2.05) is 0 Å². The Labute approximate surface area is 177 Å². The van der Waals surface area contributed by atoms with Crippen molar-refractivity contribution in [3.05, 3.63) is 35.9 Å². The monoisotopic (exact) mass is 387 g/mol. The highest BCUT2D eigenvalue weighted by Gasteiger charge is 2.12. The van der Waals surface area contributed by atoms with Gasteiger partial charge in [-0.1, -0.05) is 140 Å². The van der Waals surface area contributed by atoms with E-state index in [1.165, 1.54) is 115 Å². The van der Waals surface area contributed by atoms with Gasteiger partial charge in [-0.25, -0.2) is 0 Å². The molecular formula is C27H49N. The molecule has 1 heteroatoms. The van der Waals surface area contributed by atoms with E-state index in [4.69, 9.17) is 0 Å². The third kappa shape index (κ3) is 13.4. The van der Waals surface area contributed by atoms with Crippen molar-refractivity contribution in [3.8, 4) is 0 Å². The van der Waals surface area contributed by atoms with Crippen molar-refractivity contribution in [3.63, 3.8) is 0 Å². The second-order valence-corrected chi connectivity index (χ2v) is 8.98. The van der Waals surface area contributed by atoms with Gasteiger partial charge >= 0.3 is 0 Å². The molecule has 1 aromatic rings. The molecule has 0 aliphatic rings. The van der Waals surface area contributed by atoms with Crippen molar-refractivity contribution < 1.29 is 0 Å². The van der Waals surface area contributed by atoms with Crippen LogP contribution in [-0.2, 0) is 0 Å². The predicted molar refractivity (Wildman–Crippen MR) is 127 cm³/mol. The molecule has 0 amide bonds. The zero-order valence-electron chi connectivity index (χ0n) is 19.4. The Kier molecular flexibility index (Phi) is 16.4. The van der Waals surface area contributed by atoms with Crippen molar-refractivity contribution in [2.24, 2.45) is 0 Å². The number of unbranched alkanes of at least 4 members (excludes halogenated alkanes) is 15. The third-order valence-corrected chi connectivity index (χ3v) is 6.14. The lowest BCUT2D eigenvalue weighted by molar-refractivity contribution is 0.276. The van der Waals surface area contributed by atoms with Crippen LogP contribution in [0, 0.1) is 0 Å². The first-order valence-corrected chi connectivity index (χ1v) is 12.5. The van der Waals surface area contributed by atoms with Crippen molar-refractivity contribution >= 4 is 0 Å². The molecule has 1 nitrogen and oxygen atoms in total. The lowest BCUT2D eigenvalue weighted by Gasteiger charge is -2.24. The quantitative estimate of drug-likeness (QED) is 0.214. The average molecular weight is 388 g/mol. The van der Waals surface area contributed by atoms with Crippen LogP contribution in [0.2, 0.25) is 0 Å². The van der Waals surface area contributed by atoms with E-state index >= 15 is 0 Å². The Hall–Kier alpha value is -0.820. The van der Waals surface area contributed by atoms with Gasteiger partial charge in [-0.3, -0.25) is 0 Å². The second-order valence-electron chi connectivity index (χ2n) is 8.98. The Bertz CT molecular complexity index is 425. The van der Waals surface area contributed by atoms with E-state index in [-0.39, 0.29) is 0 Å². The normalized spacial score (nSPS) is 12.6. The molecule has 1 aromatic carbocycles. The fourth-order valence-electron chi connectivity index (χ4n) is 4.28. The summed E-state index contributed by atoms with van der Waals surface area (Å²) in [4.78, 5) is 2.38. The molecule has 0 fully saturated rings. The van der Waals surface area contributed by atoms with E-state index in [0.29, 0.717) is 6.04 Å². The molecule has 0 saturated carbocycles. The first kappa shape index (κ1) is 25.2. The Morgan fingerprint density at radius 2 is 0.964 bits per heavy atom. The van der Waals surface area contributed by atoms with Gasteiger partial charge in [0.1, 0.15) is 0 Å². The third-order valence-electron chi connectivity index (χ3n) is 6.14. The largest absolute Gasteiger partial charge is 0.302 e. The van der Waals surface area contributed by atoms with Gasteiger partial charge in [0.05, 0.1) is 0 Å². The number of hydrogen-bond acceptors (Lipinski definition) is 1. The number of rotatable bonds is 19. The van der Waals surface area contributed by atoms with E-state index in [0.717, 1.165) is 0 Å². The van der Waals surface area contributed by atoms with E-state index in [9.17, 15) is 0 Å². The summed E-state index contributed by atoms with van der Waals surface area (Å²) in [5.41, 5.74) is 1.47. The first-order chi connectivity index (χ1) is 13.8. The minimum absolute atomic E-state index is 0.577. The molecule has 0 N–H and O–H groups in total. The summed E-state index contributed by atoms with van der Waals surface area (Å²) in [6.45, 7) is 2.30. The Morgan fingerprint density at radius 1 is 0.571 bits per heavy atom. The second kappa shape index (κ2) is 18.2. The molecule has 0 aliphatic heterocycles. The van der Waals surface area contributed by atoms with Crippen LogP contribution in [-0.4, -0.2) is 19.0 Å². The lowest BCUT2D eigenvalue weighted by atomic mass is 9.98. The van der Waals surface area contributed by atoms with Gasteiger partial charge in [-0.2, -0.15) is 0 Å². The summed E-state index contributed by atoms with van der Waals surface area (Å²) in [5.74, 6) is 0. The van der Waals surface area contributed by atoms with Crippen molar-refractivity contribution in [2.75, 3.05) is 14.1 Å². The maximum atomic E-state index is 2.38. The van der Waals surface area contributed by atoms with E-state index in [1.54, 1.807) is 0 Å². The molecule has 0 spiro atoms. The zero-order valence-corrected chi connectivity index (χ0v) is 19.4. The minimum Gasteiger partial charge on any atom is -0.302 e. The standard InChI is InChI=1S/C27H49N/c1-4-5-6-7-8-9-10-11-12-13-14-15-16-17-18-22-25-27(28(2)3)26-23-20-19-21-24-26/h19-21,23-24,27H,4-18,22,25H2,1-3H3. The molecule has 0 saturated heterocycles. The molecule has 1 atom stereocenters. The van der Waals surface area contributed by atoms with Gasteiger partial charge < -0.3 is 4.90 Å². The van der Waals surface area contributed by atoms with Gasteiger partial charge in [-0.15, -0.1) is 0 Å². The SMILES string of the molecule is CCCCCCCCCCCCCCCCCCC(c1ccccc1)N(C)C. The van der Waals surface area contributed by atoms with Crippen LogP contribution >= 0.6 is 0 Å². The number of benzene rings is 1. The van der Waals surface area contributed by atoms with Crippen LogP contribution < -0.4 is 0 Å². The molecule has 0 heterocycles. The summed E-state index contributed by atoms with van der Waals surface area (Å²) in [6, 6.07) is 11.6. The van der Waals surface area contributed by atoms with E-state index in [2.05, 4.69) is 56.3 Å². The van der Waals surface area contributed by atoms with Crippen LogP contribution in [0.3, 0.4) is 0 Å². The molecule has 1 unspecified atom stereocenters. The summed E-state index contributed by atoms with van der Waals surface area (Å²) >= 11 is 0. The van der Waals surface area contributed by atoms with Crippen LogP contribution in [0.15, 0.2) is 30.3 Å². The smallest absolute Gasteiger partial charge is 0.0342 e. The van der Waals surface area contributed by atoms with Gasteiger partial charge in [0.25, 0.3) is 0 Å². The molecular weight excluding hydrogens is 338 g/mol. The number of nitrogens with zero attached hydrogens (tertiary/aromatic N) is 1. The first-order valence-electron chi connectivity index (χ1n) is 12.5. The molecule has 0 aliphatic carbocycles. The van der Waals surface area contributed by atoms with Crippen LogP contribution in [0.5, 0.6) is 0 Å². The van der Waals surface area contributed by atoms with E-state index < -0.39 is 0 Å². The summed E-state index contributed by atoms with van der Waals surface area (Å²) in [7, 11) is 4.42. The average Bonchev–Trinajstić information content (AvgIpc) is 2.70. The zero-order chi connectivity index (χ0) is 20.3. The summed E-state index contributed by atoms with van der Waals surface area (Å²) < 4.78 is 0.